The van der Waals surface area contributed by atoms with Crippen LogP contribution >= 0.6 is 0 Å². The molecular formula is C22H29NO3. The van der Waals surface area contributed by atoms with E-state index in [1.54, 1.807) is 0 Å². The Morgan fingerprint density at radius 1 is 0.923 bits per heavy atom. The van der Waals surface area contributed by atoms with Gasteiger partial charge in [0.05, 0.1) is 19.8 Å². The molecular weight excluding hydrogens is 326 g/mol. The fourth-order valence-electron chi connectivity index (χ4n) is 2.97. The fourth-order valence-corrected chi connectivity index (χ4v) is 2.97. The van der Waals surface area contributed by atoms with Crippen molar-refractivity contribution in [1.29, 1.82) is 0 Å². The predicted molar refractivity (Wildman–Crippen MR) is 104 cm³/mol. The zero-order valence-corrected chi connectivity index (χ0v) is 15.7. The Labute approximate surface area is 156 Å². The fraction of sp³-hybridized carbons (Fsp3) is 0.455. The number of rotatable bonds is 9. The standard InChI is InChI=1S/C22H29NO3/c1-2-3-13-25-21-7-9-22(10-8-21)26-18-20-6-4-5-19(16-20)17-23-11-14-24-15-12-23/h4-10,16H,2-3,11-15,17-18H2,1H3. The molecule has 0 unspecified atom stereocenters. The van der Waals surface area contributed by atoms with Crippen LogP contribution in [0.15, 0.2) is 48.5 Å². The largest absolute Gasteiger partial charge is 0.494 e. The van der Waals surface area contributed by atoms with E-state index in [1.807, 2.05) is 24.3 Å². The molecule has 0 aliphatic carbocycles. The molecule has 0 amide bonds. The second-order valence-electron chi connectivity index (χ2n) is 6.67. The Morgan fingerprint density at radius 2 is 1.62 bits per heavy atom. The van der Waals surface area contributed by atoms with Crippen molar-refractivity contribution in [2.24, 2.45) is 0 Å². The second-order valence-corrected chi connectivity index (χ2v) is 6.67. The maximum Gasteiger partial charge on any atom is 0.120 e. The van der Waals surface area contributed by atoms with Crippen LogP contribution < -0.4 is 9.47 Å². The molecule has 1 fully saturated rings. The van der Waals surface area contributed by atoms with Gasteiger partial charge in [-0.05, 0) is 41.8 Å². The van der Waals surface area contributed by atoms with Crippen molar-refractivity contribution >= 4 is 0 Å². The summed E-state index contributed by atoms with van der Waals surface area (Å²) in [6.45, 7) is 8.17. The van der Waals surface area contributed by atoms with Gasteiger partial charge in [0.2, 0.25) is 0 Å². The lowest BCUT2D eigenvalue weighted by atomic mass is 10.1. The highest BCUT2D eigenvalue weighted by Crippen LogP contribution is 2.19. The van der Waals surface area contributed by atoms with Gasteiger partial charge in [0.1, 0.15) is 18.1 Å². The van der Waals surface area contributed by atoms with Gasteiger partial charge in [-0.2, -0.15) is 0 Å². The molecule has 0 radical (unpaired) electrons. The number of morpholine rings is 1. The summed E-state index contributed by atoms with van der Waals surface area (Å²) in [6.07, 6.45) is 2.23. The van der Waals surface area contributed by atoms with Crippen molar-refractivity contribution in [1.82, 2.24) is 4.90 Å². The van der Waals surface area contributed by atoms with E-state index in [-0.39, 0.29) is 0 Å². The zero-order chi connectivity index (χ0) is 18.0. The smallest absolute Gasteiger partial charge is 0.120 e. The van der Waals surface area contributed by atoms with Gasteiger partial charge in [-0.1, -0.05) is 37.6 Å². The minimum absolute atomic E-state index is 0.576. The summed E-state index contributed by atoms with van der Waals surface area (Å²) in [5.74, 6) is 1.77. The van der Waals surface area contributed by atoms with Crippen LogP contribution in [0.25, 0.3) is 0 Å². The van der Waals surface area contributed by atoms with Crippen LogP contribution in [0.4, 0.5) is 0 Å². The van der Waals surface area contributed by atoms with E-state index in [2.05, 4.69) is 36.1 Å². The summed E-state index contributed by atoms with van der Waals surface area (Å²) in [6, 6.07) is 16.5. The molecule has 0 aromatic heterocycles. The second kappa shape index (κ2) is 10.2. The van der Waals surface area contributed by atoms with E-state index in [4.69, 9.17) is 14.2 Å². The summed E-state index contributed by atoms with van der Waals surface area (Å²) in [5.41, 5.74) is 2.52. The normalized spacial score (nSPS) is 15.0. The monoisotopic (exact) mass is 355 g/mol. The molecule has 1 saturated heterocycles. The molecule has 140 valence electrons. The van der Waals surface area contributed by atoms with E-state index < -0.39 is 0 Å². The Kier molecular flexibility index (Phi) is 7.35. The van der Waals surface area contributed by atoms with E-state index in [9.17, 15) is 0 Å². The summed E-state index contributed by atoms with van der Waals surface area (Å²) >= 11 is 0. The third-order valence-corrected chi connectivity index (χ3v) is 4.50. The van der Waals surface area contributed by atoms with E-state index >= 15 is 0 Å². The molecule has 1 heterocycles. The summed E-state index contributed by atoms with van der Waals surface area (Å²) in [4.78, 5) is 2.43. The average Bonchev–Trinajstić information content (AvgIpc) is 2.69. The van der Waals surface area contributed by atoms with E-state index in [0.717, 1.165) is 63.8 Å². The van der Waals surface area contributed by atoms with Gasteiger partial charge in [0.25, 0.3) is 0 Å². The summed E-state index contributed by atoms with van der Waals surface area (Å²) in [5, 5.41) is 0. The molecule has 3 rings (SSSR count). The molecule has 26 heavy (non-hydrogen) atoms. The molecule has 0 saturated carbocycles. The molecule has 2 aromatic carbocycles. The van der Waals surface area contributed by atoms with Crippen molar-refractivity contribution in [2.75, 3.05) is 32.9 Å². The molecule has 0 bridgehead atoms. The van der Waals surface area contributed by atoms with E-state index in [0.29, 0.717) is 6.61 Å². The number of unbranched alkanes of at least 4 members (excludes halogenated alkanes) is 1. The van der Waals surface area contributed by atoms with Gasteiger partial charge in [-0.15, -0.1) is 0 Å². The molecule has 0 spiro atoms. The number of benzene rings is 2. The van der Waals surface area contributed by atoms with Crippen LogP contribution in [0.1, 0.15) is 30.9 Å². The Morgan fingerprint density at radius 3 is 2.35 bits per heavy atom. The first kappa shape index (κ1) is 18.7. The molecule has 1 aliphatic rings. The molecule has 0 atom stereocenters. The first-order valence-corrected chi connectivity index (χ1v) is 9.57. The summed E-state index contributed by atoms with van der Waals surface area (Å²) < 4.78 is 17.0. The van der Waals surface area contributed by atoms with Gasteiger partial charge in [0, 0.05) is 19.6 Å². The van der Waals surface area contributed by atoms with Crippen molar-refractivity contribution in [2.45, 2.75) is 32.9 Å². The zero-order valence-electron chi connectivity index (χ0n) is 15.7. The first-order chi connectivity index (χ1) is 12.8. The highest BCUT2D eigenvalue weighted by molar-refractivity contribution is 5.31. The third kappa shape index (κ3) is 6.04. The van der Waals surface area contributed by atoms with Crippen LogP contribution in [0.3, 0.4) is 0 Å². The lowest BCUT2D eigenvalue weighted by molar-refractivity contribution is 0.0342. The van der Waals surface area contributed by atoms with Gasteiger partial charge in [-0.3, -0.25) is 4.90 Å². The van der Waals surface area contributed by atoms with E-state index in [1.165, 1.54) is 11.1 Å². The minimum atomic E-state index is 0.576. The van der Waals surface area contributed by atoms with Crippen molar-refractivity contribution in [3.8, 4) is 11.5 Å². The van der Waals surface area contributed by atoms with Gasteiger partial charge in [0.15, 0.2) is 0 Å². The molecule has 0 N–H and O–H groups in total. The molecule has 4 heteroatoms. The van der Waals surface area contributed by atoms with Crippen molar-refractivity contribution in [3.05, 3.63) is 59.7 Å². The van der Waals surface area contributed by atoms with Crippen LogP contribution in [0.2, 0.25) is 0 Å². The first-order valence-electron chi connectivity index (χ1n) is 9.57. The number of nitrogens with zero attached hydrogens (tertiary/aromatic N) is 1. The Bertz CT molecular complexity index is 651. The SMILES string of the molecule is CCCCOc1ccc(OCc2cccc(CN3CCOCC3)c2)cc1. The topological polar surface area (TPSA) is 30.9 Å². The minimum Gasteiger partial charge on any atom is -0.494 e. The number of ether oxygens (including phenoxy) is 3. The quantitative estimate of drug-likeness (QED) is 0.628. The Hall–Kier alpha value is -2.04. The maximum absolute atomic E-state index is 5.93. The Balaban J connectivity index is 1.48. The average molecular weight is 355 g/mol. The highest BCUT2D eigenvalue weighted by Gasteiger charge is 2.10. The van der Waals surface area contributed by atoms with Crippen LogP contribution in [-0.4, -0.2) is 37.8 Å². The number of hydrogen-bond acceptors (Lipinski definition) is 4. The van der Waals surface area contributed by atoms with Crippen LogP contribution in [-0.2, 0) is 17.9 Å². The molecule has 2 aromatic rings. The summed E-state index contributed by atoms with van der Waals surface area (Å²) in [7, 11) is 0. The van der Waals surface area contributed by atoms with Gasteiger partial charge in [-0.25, -0.2) is 0 Å². The lowest BCUT2D eigenvalue weighted by Gasteiger charge is -2.26. The number of hydrogen-bond donors (Lipinski definition) is 0. The third-order valence-electron chi connectivity index (χ3n) is 4.50. The molecule has 1 aliphatic heterocycles. The van der Waals surface area contributed by atoms with Crippen molar-refractivity contribution < 1.29 is 14.2 Å². The van der Waals surface area contributed by atoms with Crippen LogP contribution in [0, 0.1) is 0 Å². The van der Waals surface area contributed by atoms with Gasteiger partial charge >= 0.3 is 0 Å². The highest BCUT2D eigenvalue weighted by atomic mass is 16.5. The lowest BCUT2D eigenvalue weighted by Crippen LogP contribution is -2.35. The molecule has 4 nitrogen and oxygen atoms in total. The van der Waals surface area contributed by atoms with Gasteiger partial charge < -0.3 is 14.2 Å². The van der Waals surface area contributed by atoms with Crippen LogP contribution in [0.5, 0.6) is 11.5 Å². The van der Waals surface area contributed by atoms with Crippen molar-refractivity contribution in [3.63, 3.8) is 0 Å². The maximum atomic E-state index is 5.93. The predicted octanol–water partition coefficient (Wildman–Crippen LogP) is 4.28.